The van der Waals surface area contributed by atoms with E-state index in [1.165, 1.54) is 17.5 Å². The van der Waals surface area contributed by atoms with Crippen molar-refractivity contribution in [3.05, 3.63) is 29.3 Å². The van der Waals surface area contributed by atoms with Gasteiger partial charge in [-0.25, -0.2) is 0 Å². The normalized spacial score (nSPS) is 17.6. The van der Waals surface area contributed by atoms with Crippen LogP contribution >= 0.6 is 12.4 Å². The molecule has 124 valence electrons. The lowest BCUT2D eigenvalue weighted by Crippen LogP contribution is -2.27. The first-order chi connectivity index (χ1) is 9.97. The van der Waals surface area contributed by atoms with E-state index in [0.717, 1.165) is 18.7 Å². The highest BCUT2D eigenvalue weighted by Gasteiger charge is 2.19. The van der Waals surface area contributed by atoms with Crippen LogP contribution in [-0.2, 0) is 4.79 Å². The molecule has 2 N–H and O–H groups in total. The second kappa shape index (κ2) is 8.54. The van der Waals surface area contributed by atoms with Crippen molar-refractivity contribution < 1.29 is 4.79 Å². The SMILES string of the molecule is CC(C)c1ccc(NC(=O)CC2CCCN2)c(C(C)C)c1.Cl. The van der Waals surface area contributed by atoms with E-state index < -0.39 is 0 Å². The summed E-state index contributed by atoms with van der Waals surface area (Å²) in [5, 5.41) is 6.48. The Hall–Kier alpha value is -1.06. The maximum atomic E-state index is 12.2. The summed E-state index contributed by atoms with van der Waals surface area (Å²) in [5.41, 5.74) is 3.53. The minimum atomic E-state index is 0. The van der Waals surface area contributed by atoms with Crippen LogP contribution in [0.3, 0.4) is 0 Å². The van der Waals surface area contributed by atoms with Gasteiger partial charge in [-0.1, -0.05) is 39.8 Å². The minimum absolute atomic E-state index is 0. The van der Waals surface area contributed by atoms with Crippen molar-refractivity contribution in [3.63, 3.8) is 0 Å². The van der Waals surface area contributed by atoms with Gasteiger partial charge < -0.3 is 10.6 Å². The zero-order chi connectivity index (χ0) is 15.4. The molecule has 2 rings (SSSR count). The van der Waals surface area contributed by atoms with Gasteiger partial charge in [-0.2, -0.15) is 0 Å². The molecule has 1 heterocycles. The van der Waals surface area contributed by atoms with E-state index in [1.54, 1.807) is 0 Å². The maximum Gasteiger partial charge on any atom is 0.225 e. The first-order valence-electron chi connectivity index (χ1n) is 8.14. The molecule has 3 nitrogen and oxygen atoms in total. The Bertz CT molecular complexity index is 494. The molecule has 1 aliphatic heterocycles. The lowest BCUT2D eigenvalue weighted by atomic mass is 9.94. The maximum absolute atomic E-state index is 12.2. The van der Waals surface area contributed by atoms with Crippen LogP contribution in [0.4, 0.5) is 5.69 Å². The number of halogens is 1. The molecule has 1 saturated heterocycles. The third-order valence-corrected chi connectivity index (χ3v) is 4.23. The molecule has 1 aromatic carbocycles. The average molecular weight is 325 g/mol. The van der Waals surface area contributed by atoms with Crippen LogP contribution in [0.25, 0.3) is 0 Å². The van der Waals surface area contributed by atoms with Crippen LogP contribution in [0, 0.1) is 0 Å². The topological polar surface area (TPSA) is 41.1 Å². The number of carbonyl (C=O) groups excluding carboxylic acids is 1. The number of carbonyl (C=O) groups is 1. The van der Waals surface area contributed by atoms with Crippen molar-refractivity contribution in [1.82, 2.24) is 5.32 Å². The molecule has 22 heavy (non-hydrogen) atoms. The van der Waals surface area contributed by atoms with E-state index in [4.69, 9.17) is 0 Å². The summed E-state index contributed by atoms with van der Waals surface area (Å²) in [4.78, 5) is 12.2. The molecule has 0 aromatic heterocycles. The molecular weight excluding hydrogens is 296 g/mol. The van der Waals surface area contributed by atoms with Crippen LogP contribution < -0.4 is 10.6 Å². The zero-order valence-electron chi connectivity index (χ0n) is 14.1. The highest BCUT2D eigenvalue weighted by Crippen LogP contribution is 2.28. The molecule has 0 aliphatic carbocycles. The Morgan fingerprint density at radius 1 is 1.27 bits per heavy atom. The van der Waals surface area contributed by atoms with E-state index in [0.29, 0.717) is 24.3 Å². The van der Waals surface area contributed by atoms with Crippen LogP contribution in [0.15, 0.2) is 18.2 Å². The zero-order valence-corrected chi connectivity index (χ0v) is 14.9. The number of amides is 1. The number of nitrogens with one attached hydrogen (secondary N) is 2. The fourth-order valence-corrected chi connectivity index (χ4v) is 2.89. The average Bonchev–Trinajstić information content (AvgIpc) is 2.91. The molecule has 0 spiro atoms. The predicted octanol–water partition coefficient (Wildman–Crippen LogP) is 4.44. The number of rotatable bonds is 5. The quantitative estimate of drug-likeness (QED) is 0.841. The Balaban J connectivity index is 0.00000242. The van der Waals surface area contributed by atoms with E-state index in [-0.39, 0.29) is 18.3 Å². The van der Waals surface area contributed by atoms with Gasteiger partial charge in [-0.05, 0) is 48.4 Å². The smallest absolute Gasteiger partial charge is 0.225 e. The summed E-state index contributed by atoms with van der Waals surface area (Å²) in [6.07, 6.45) is 2.86. The molecule has 1 aliphatic rings. The summed E-state index contributed by atoms with van der Waals surface area (Å²) in [6.45, 7) is 9.78. The second-order valence-corrected chi connectivity index (χ2v) is 6.70. The Morgan fingerprint density at radius 2 is 2.00 bits per heavy atom. The third-order valence-electron chi connectivity index (χ3n) is 4.23. The van der Waals surface area contributed by atoms with E-state index in [1.807, 2.05) is 0 Å². The summed E-state index contributed by atoms with van der Waals surface area (Å²) in [7, 11) is 0. The fourth-order valence-electron chi connectivity index (χ4n) is 2.89. The summed E-state index contributed by atoms with van der Waals surface area (Å²) in [6, 6.07) is 6.77. The monoisotopic (exact) mass is 324 g/mol. The molecule has 0 saturated carbocycles. The van der Waals surface area contributed by atoms with Gasteiger partial charge in [-0.3, -0.25) is 4.79 Å². The number of benzene rings is 1. The standard InChI is InChI=1S/C18H28N2O.ClH/c1-12(2)14-7-8-17(16(10-14)13(3)4)20-18(21)11-15-6-5-9-19-15;/h7-8,10,12-13,15,19H,5-6,9,11H2,1-4H3,(H,20,21);1H. The van der Waals surface area contributed by atoms with Crippen LogP contribution in [-0.4, -0.2) is 18.5 Å². The lowest BCUT2D eigenvalue weighted by Gasteiger charge is -2.18. The number of hydrogen-bond acceptors (Lipinski definition) is 2. The second-order valence-electron chi connectivity index (χ2n) is 6.70. The van der Waals surface area contributed by atoms with Crippen molar-refractivity contribution in [2.75, 3.05) is 11.9 Å². The van der Waals surface area contributed by atoms with E-state index in [9.17, 15) is 4.79 Å². The lowest BCUT2D eigenvalue weighted by molar-refractivity contribution is -0.116. The molecule has 1 unspecified atom stereocenters. The van der Waals surface area contributed by atoms with Gasteiger partial charge in [0.2, 0.25) is 5.91 Å². The van der Waals surface area contributed by atoms with Crippen molar-refractivity contribution in [3.8, 4) is 0 Å². The molecule has 1 aromatic rings. The van der Waals surface area contributed by atoms with Crippen molar-refractivity contribution >= 4 is 24.0 Å². The fraction of sp³-hybridized carbons (Fsp3) is 0.611. The van der Waals surface area contributed by atoms with Gasteiger partial charge in [0, 0.05) is 18.2 Å². The highest BCUT2D eigenvalue weighted by atomic mass is 35.5. The van der Waals surface area contributed by atoms with Crippen LogP contribution in [0.2, 0.25) is 0 Å². The Kier molecular flexibility index (Phi) is 7.37. The molecule has 1 fully saturated rings. The summed E-state index contributed by atoms with van der Waals surface area (Å²) in [5.74, 6) is 1.03. The van der Waals surface area contributed by atoms with Crippen LogP contribution in [0.1, 0.15) is 69.9 Å². The Morgan fingerprint density at radius 3 is 2.55 bits per heavy atom. The van der Waals surface area contributed by atoms with Crippen molar-refractivity contribution in [2.24, 2.45) is 0 Å². The first kappa shape index (κ1) is 19.0. The van der Waals surface area contributed by atoms with E-state index in [2.05, 4.69) is 56.5 Å². The van der Waals surface area contributed by atoms with Crippen molar-refractivity contribution in [2.45, 2.75) is 64.8 Å². The molecule has 1 amide bonds. The Labute approximate surface area is 140 Å². The van der Waals surface area contributed by atoms with Gasteiger partial charge in [0.15, 0.2) is 0 Å². The van der Waals surface area contributed by atoms with Crippen LogP contribution in [0.5, 0.6) is 0 Å². The minimum Gasteiger partial charge on any atom is -0.326 e. The van der Waals surface area contributed by atoms with Gasteiger partial charge in [0.25, 0.3) is 0 Å². The first-order valence-corrected chi connectivity index (χ1v) is 8.14. The van der Waals surface area contributed by atoms with Gasteiger partial charge >= 0.3 is 0 Å². The third kappa shape index (κ3) is 4.99. The highest BCUT2D eigenvalue weighted by molar-refractivity contribution is 5.92. The summed E-state index contributed by atoms with van der Waals surface area (Å²) >= 11 is 0. The van der Waals surface area contributed by atoms with Gasteiger partial charge in [-0.15, -0.1) is 12.4 Å². The van der Waals surface area contributed by atoms with Gasteiger partial charge in [0.05, 0.1) is 0 Å². The number of anilines is 1. The number of hydrogen-bond donors (Lipinski definition) is 2. The molecule has 0 radical (unpaired) electrons. The van der Waals surface area contributed by atoms with Crippen molar-refractivity contribution in [1.29, 1.82) is 0 Å². The molecular formula is C18H29ClN2O. The predicted molar refractivity (Wildman–Crippen MR) is 96.1 cm³/mol. The molecule has 4 heteroatoms. The molecule has 1 atom stereocenters. The summed E-state index contributed by atoms with van der Waals surface area (Å²) < 4.78 is 0. The van der Waals surface area contributed by atoms with E-state index >= 15 is 0 Å². The largest absolute Gasteiger partial charge is 0.326 e. The van der Waals surface area contributed by atoms with Gasteiger partial charge in [0.1, 0.15) is 0 Å². The molecule has 0 bridgehead atoms.